The normalized spacial score (nSPS) is 26.2. The first kappa shape index (κ1) is 16.4. The smallest absolute Gasteiger partial charge is 0.262 e. The zero-order valence-corrected chi connectivity index (χ0v) is 14.0. The molecule has 1 aliphatic carbocycles. The molecule has 1 fully saturated rings. The number of imide groups is 2. The van der Waals surface area contributed by atoms with Crippen LogP contribution in [0.5, 0.6) is 0 Å². The van der Waals surface area contributed by atoms with Crippen molar-refractivity contribution >= 4 is 23.6 Å². The lowest BCUT2D eigenvalue weighted by molar-refractivity contribution is -0.149. The van der Waals surface area contributed by atoms with Crippen molar-refractivity contribution in [2.75, 3.05) is 0 Å². The van der Waals surface area contributed by atoms with Crippen LogP contribution in [0.1, 0.15) is 33.6 Å². The molecule has 0 aromatic carbocycles. The van der Waals surface area contributed by atoms with Gasteiger partial charge in [-0.1, -0.05) is 45.1 Å². The summed E-state index contributed by atoms with van der Waals surface area (Å²) in [7, 11) is 0. The Labute approximate surface area is 140 Å². The molecule has 6 nitrogen and oxygen atoms in total. The Balaban J connectivity index is 1.91. The predicted octanol–water partition coefficient (Wildman–Crippen LogP) is 1.25. The van der Waals surface area contributed by atoms with Crippen LogP contribution in [0, 0.1) is 11.3 Å². The molecule has 0 aromatic rings. The summed E-state index contributed by atoms with van der Waals surface area (Å²) >= 11 is 0. The first-order valence-corrected chi connectivity index (χ1v) is 8.09. The summed E-state index contributed by atoms with van der Waals surface area (Å²) in [5.74, 6) is -1.61. The molecule has 0 spiro atoms. The van der Waals surface area contributed by atoms with Gasteiger partial charge in [-0.3, -0.25) is 29.4 Å². The summed E-state index contributed by atoms with van der Waals surface area (Å²) in [6.07, 6.45) is 7.50. The molecule has 2 heterocycles. The Kier molecular flexibility index (Phi) is 3.78. The summed E-state index contributed by atoms with van der Waals surface area (Å²) in [6.45, 7) is 6.19. The zero-order valence-electron chi connectivity index (χ0n) is 14.0. The van der Waals surface area contributed by atoms with Gasteiger partial charge in [0.05, 0.1) is 11.1 Å². The average molecular weight is 328 g/mol. The highest BCUT2D eigenvalue weighted by atomic mass is 16.2. The Morgan fingerprint density at radius 1 is 1.08 bits per heavy atom. The highest BCUT2D eigenvalue weighted by Crippen LogP contribution is 2.37. The summed E-state index contributed by atoms with van der Waals surface area (Å²) in [4.78, 5) is 49.7. The highest BCUT2D eigenvalue weighted by Gasteiger charge is 2.45. The lowest BCUT2D eigenvalue weighted by Gasteiger charge is -2.29. The van der Waals surface area contributed by atoms with E-state index in [2.05, 4.69) is 19.2 Å². The standard InChI is InChI=1S/C18H20N2O4/c1-10(2)18(3)8-6-11-12(7-9-18)17(24)20(16(11)23)13-4-5-14(21)19-15(13)22/h6-10,13H,4-5H2,1-3H3,(H,19,21,22)/t13-/m1/s1. The van der Waals surface area contributed by atoms with Crippen molar-refractivity contribution in [2.45, 2.75) is 39.7 Å². The molecular formula is C18H20N2O4. The second-order valence-electron chi connectivity index (χ2n) is 6.96. The Morgan fingerprint density at radius 3 is 2.08 bits per heavy atom. The van der Waals surface area contributed by atoms with Crippen LogP contribution in [0.15, 0.2) is 35.5 Å². The summed E-state index contributed by atoms with van der Waals surface area (Å²) < 4.78 is 0. The maximum Gasteiger partial charge on any atom is 0.262 e. The Morgan fingerprint density at radius 2 is 1.62 bits per heavy atom. The first-order valence-electron chi connectivity index (χ1n) is 8.09. The molecule has 0 unspecified atom stereocenters. The number of amides is 4. The molecule has 1 atom stereocenters. The van der Waals surface area contributed by atoms with Gasteiger partial charge in [0, 0.05) is 11.8 Å². The Hall–Kier alpha value is -2.50. The molecule has 3 aliphatic rings. The number of piperidine rings is 1. The molecule has 126 valence electrons. The number of hydrogen-bond donors (Lipinski definition) is 1. The van der Waals surface area contributed by atoms with E-state index < -0.39 is 23.8 Å². The minimum atomic E-state index is -0.923. The first-order chi connectivity index (χ1) is 11.2. The molecule has 0 saturated carbocycles. The van der Waals surface area contributed by atoms with E-state index in [-0.39, 0.29) is 24.2 Å². The van der Waals surface area contributed by atoms with Gasteiger partial charge >= 0.3 is 0 Å². The molecule has 0 aromatic heterocycles. The van der Waals surface area contributed by atoms with Gasteiger partial charge in [0.1, 0.15) is 6.04 Å². The van der Waals surface area contributed by atoms with E-state index in [0.717, 1.165) is 4.90 Å². The third kappa shape index (κ3) is 2.42. The molecule has 0 bridgehead atoms. The van der Waals surface area contributed by atoms with E-state index in [1.807, 2.05) is 19.1 Å². The van der Waals surface area contributed by atoms with Crippen LogP contribution in [0.2, 0.25) is 0 Å². The third-order valence-corrected chi connectivity index (χ3v) is 5.17. The zero-order chi connectivity index (χ0) is 17.6. The fourth-order valence-corrected chi connectivity index (χ4v) is 3.08. The number of nitrogens with zero attached hydrogens (tertiary/aromatic N) is 1. The molecule has 24 heavy (non-hydrogen) atoms. The van der Waals surface area contributed by atoms with Crippen LogP contribution in [0.3, 0.4) is 0 Å². The molecular weight excluding hydrogens is 308 g/mol. The number of carbonyl (C=O) groups excluding carboxylic acids is 4. The predicted molar refractivity (Wildman–Crippen MR) is 86.3 cm³/mol. The monoisotopic (exact) mass is 328 g/mol. The molecule has 1 saturated heterocycles. The molecule has 4 amide bonds. The van der Waals surface area contributed by atoms with E-state index in [1.165, 1.54) is 0 Å². The van der Waals surface area contributed by atoms with Gasteiger partial charge in [-0.25, -0.2) is 0 Å². The fraction of sp³-hybridized carbons (Fsp3) is 0.444. The van der Waals surface area contributed by atoms with Crippen molar-refractivity contribution in [1.82, 2.24) is 10.2 Å². The molecule has 6 heteroatoms. The number of hydrogen-bond acceptors (Lipinski definition) is 4. The SMILES string of the molecule is CC(C)C1(C)C=CC2=C(C=C1)C(=O)N([C@@H]1CCC(=O)NC1=O)C2=O. The van der Waals surface area contributed by atoms with Gasteiger partial charge in [-0.05, 0) is 12.3 Å². The summed E-state index contributed by atoms with van der Waals surface area (Å²) in [5, 5.41) is 2.19. The van der Waals surface area contributed by atoms with E-state index >= 15 is 0 Å². The summed E-state index contributed by atoms with van der Waals surface area (Å²) in [5.41, 5.74) is 0.375. The quantitative estimate of drug-likeness (QED) is 0.773. The maximum absolute atomic E-state index is 12.7. The van der Waals surface area contributed by atoms with E-state index in [1.54, 1.807) is 12.2 Å². The van der Waals surface area contributed by atoms with Crippen LogP contribution >= 0.6 is 0 Å². The minimum absolute atomic E-state index is 0.120. The fourth-order valence-electron chi connectivity index (χ4n) is 3.08. The van der Waals surface area contributed by atoms with Crippen molar-refractivity contribution < 1.29 is 19.2 Å². The molecule has 2 aliphatic heterocycles. The van der Waals surface area contributed by atoms with Crippen LogP contribution < -0.4 is 5.32 Å². The number of carbonyl (C=O) groups is 4. The minimum Gasteiger partial charge on any atom is -0.295 e. The van der Waals surface area contributed by atoms with Crippen LogP contribution in [-0.2, 0) is 19.2 Å². The van der Waals surface area contributed by atoms with E-state index in [4.69, 9.17) is 0 Å². The van der Waals surface area contributed by atoms with Crippen molar-refractivity contribution in [1.29, 1.82) is 0 Å². The largest absolute Gasteiger partial charge is 0.295 e. The van der Waals surface area contributed by atoms with E-state index in [9.17, 15) is 19.2 Å². The van der Waals surface area contributed by atoms with Crippen LogP contribution in [0.25, 0.3) is 0 Å². The van der Waals surface area contributed by atoms with Gasteiger partial charge in [0.25, 0.3) is 11.8 Å². The van der Waals surface area contributed by atoms with Crippen LogP contribution in [0.4, 0.5) is 0 Å². The van der Waals surface area contributed by atoms with Crippen molar-refractivity contribution in [3.63, 3.8) is 0 Å². The average Bonchev–Trinajstić information content (AvgIpc) is 2.65. The maximum atomic E-state index is 12.7. The van der Waals surface area contributed by atoms with Crippen molar-refractivity contribution in [3.8, 4) is 0 Å². The Bertz CT molecular complexity index is 706. The van der Waals surface area contributed by atoms with Gasteiger partial charge in [0.2, 0.25) is 11.8 Å². The molecule has 3 rings (SSSR count). The van der Waals surface area contributed by atoms with Gasteiger partial charge in [0.15, 0.2) is 0 Å². The number of allylic oxidation sites excluding steroid dienone is 2. The van der Waals surface area contributed by atoms with E-state index in [0.29, 0.717) is 17.1 Å². The lowest BCUT2D eigenvalue weighted by atomic mass is 9.78. The second kappa shape index (κ2) is 5.54. The topological polar surface area (TPSA) is 83.6 Å². The lowest BCUT2D eigenvalue weighted by Crippen LogP contribution is -2.54. The highest BCUT2D eigenvalue weighted by molar-refractivity contribution is 6.24. The third-order valence-electron chi connectivity index (χ3n) is 5.17. The number of nitrogens with one attached hydrogen (secondary N) is 1. The second-order valence-corrected chi connectivity index (χ2v) is 6.96. The molecule has 0 radical (unpaired) electrons. The molecule has 1 N–H and O–H groups in total. The van der Waals surface area contributed by atoms with Crippen molar-refractivity contribution in [3.05, 3.63) is 35.5 Å². The van der Waals surface area contributed by atoms with Crippen LogP contribution in [-0.4, -0.2) is 34.6 Å². The summed E-state index contributed by atoms with van der Waals surface area (Å²) in [6, 6.07) is -0.923. The van der Waals surface area contributed by atoms with Gasteiger partial charge in [-0.15, -0.1) is 0 Å². The van der Waals surface area contributed by atoms with Crippen molar-refractivity contribution in [2.24, 2.45) is 11.3 Å². The number of rotatable bonds is 2. The van der Waals surface area contributed by atoms with Gasteiger partial charge in [-0.2, -0.15) is 0 Å². The van der Waals surface area contributed by atoms with Gasteiger partial charge < -0.3 is 0 Å².